The molecule has 1 aromatic carbocycles. The molecule has 0 aliphatic carbocycles. The molecule has 0 fully saturated rings. The van der Waals surface area contributed by atoms with Gasteiger partial charge in [-0.15, -0.1) is 10.2 Å². The van der Waals surface area contributed by atoms with Crippen LogP contribution in [0.2, 0.25) is 0 Å². The van der Waals surface area contributed by atoms with Crippen molar-refractivity contribution >= 4 is 5.97 Å². The number of benzene rings is 1. The van der Waals surface area contributed by atoms with Crippen molar-refractivity contribution in [1.29, 1.82) is 0 Å². The van der Waals surface area contributed by atoms with Gasteiger partial charge in [0.2, 0.25) is 0 Å². The van der Waals surface area contributed by atoms with Gasteiger partial charge >= 0.3 is 5.97 Å². The van der Waals surface area contributed by atoms with Gasteiger partial charge in [0.15, 0.2) is 0 Å². The standard InChI is InChI=1S/C9H7N3O2/c13-9(14)7-1-3-8(4-2-7)12-5-10-11-6-12/h1-6H,(H,13,14). The fourth-order valence-electron chi connectivity index (χ4n) is 1.11. The number of hydrogen-bond donors (Lipinski definition) is 1. The third kappa shape index (κ3) is 1.47. The van der Waals surface area contributed by atoms with Gasteiger partial charge in [0.1, 0.15) is 12.7 Å². The molecule has 1 heterocycles. The Balaban J connectivity index is 2.36. The molecule has 0 atom stereocenters. The van der Waals surface area contributed by atoms with Gasteiger partial charge in [0.05, 0.1) is 5.56 Å². The van der Waals surface area contributed by atoms with Crippen LogP contribution < -0.4 is 0 Å². The predicted molar refractivity (Wildman–Crippen MR) is 48.3 cm³/mol. The summed E-state index contributed by atoms with van der Waals surface area (Å²) in [5, 5.41) is 16.0. The van der Waals surface area contributed by atoms with Crippen molar-refractivity contribution in [1.82, 2.24) is 14.8 Å². The summed E-state index contributed by atoms with van der Waals surface area (Å²) in [5.74, 6) is -0.930. The number of carboxylic acids is 1. The lowest BCUT2D eigenvalue weighted by atomic mass is 10.2. The SMILES string of the molecule is O=C(O)c1ccc(-n2cnnc2)cc1. The van der Waals surface area contributed by atoms with E-state index in [9.17, 15) is 4.79 Å². The smallest absolute Gasteiger partial charge is 0.335 e. The summed E-state index contributed by atoms with van der Waals surface area (Å²) in [6.07, 6.45) is 3.10. The molecule has 0 radical (unpaired) electrons. The number of aromatic nitrogens is 3. The Morgan fingerprint density at radius 3 is 2.21 bits per heavy atom. The molecule has 0 saturated carbocycles. The van der Waals surface area contributed by atoms with Crippen molar-refractivity contribution in [3.8, 4) is 5.69 Å². The number of carbonyl (C=O) groups is 1. The Morgan fingerprint density at radius 1 is 1.14 bits per heavy atom. The van der Waals surface area contributed by atoms with Crippen LogP contribution in [0.3, 0.4) is 0 Å². The van der Waals surface area contributed by atoms with Gasteiger partial charge in [0, 0.05) is 5.69 Å². The van der Waals surface area contributed by atoms with Gasteiger partial charge in [-0.25, -0.2) is 4.79 Å². The second kappa shape index (κ2) is 3.29. The molecular weight excluding hydrogens is 182 g/mol. The highest BCUT2D eigenvalue weighted by molar-refractivity contribution is 5.87. The van der Waals surface area contributed by atoms with Gasteiger partial charge in [-0.3, -0.25) is 4.57 Å². The molecule has 0 aliphatic heterocycles. The van der Waals surface area contributed by atoms with E-state index in [0.717, 1.165) is 5.69 Å². The Morgan fingerprint density at radius 2 is 1.71 bits per heavy atom. The number of carboxylic acid groups (broad SMARTS) is 1. The van der Waals surface area contributed by atoms with Gasteiger partial charge in [0.25, 0.3) is 0 Å². The highest BCUT2D eigenvalue weighted by atomic mass is 16.4. The monoisotopic (exact) mass is 189 g/mol. The third-order valence-corrected chi connectivity index (χ3v) is 1.83. The molecule has 2 rings (SSSR count). The second-order valence-electron chi connectivity index (χ2n) is 2.72. The summed E-state index contributed by atoms with van der Waals surface area (Å²) in [4.78, 5) is 10.6. The summed E-state index contributed by atoms with van der Waals surface area (Å²) in [7, 11) is 0. The predicted octanol–water partition coefficient (Wildman–Crippen LogP) is 0.965. The molecule has 1 N–H and O–H groups in total. The zero-order valence-electron chi connectivity index (χ0n) is 7.16. The topological polar surface area (TPSA) is 68.0 Å². The minimum atomic E-state index is -0.930. The van der Waals surface area contributed by atoms with Gasteiger partial charge in [-0.2, -0.15) is 0 Å². The van der Waals surface area contributed by atoms with Gasteiger partial charge in [-0.05, 0) is 24.3 Å². The van der Waals surface area contributed by atoms with Crippen molar-refractivity contribution in [2.45, 2.75) is 0 Å². The summed E-state index contributed by atoms with van der Waals surface area (Å²) >= 11 is 0. The fraction of sp³-hybridized carbons (Fsp3) is 0. The molecule has 5 heteroatoms. The maximum Gasteiger partial charge on any atom is 0.335 e. The highest BCUT2D eigenvalue weighted by Gasteiger charge is 2.02. The molecule has 70 valence electrons. The van der Waals surface area contributed by atoms with E-state index in [4.69, 9.17) is 5.11 Å². The summed E-state index contributed by atoms with van der Waals surface area (Å²) < 4.78 is 1.70. The van der Waals surface area contributed by atoms with E-state index in [1.807, 2.05) is 0 Å². The first-order chi connectivity index (χ1) is 6.77. The minimum Gasteiger partial charge on any atom is -0.478 e. The van der Waals surface area contributed by atoms with Gasteiger partial charge in [-0.1, -0.05) is 0 Å². The molecular formula is C9H7N3O2. The Hall–Kier alpha value is -2.17. The number of rotatable bonds is 2. The molecule has 0 amide bonds. The van der Waals surface area contributed by atoms with E-state index in [0.29, 0.717) is 0 Å². The normalized spacial score (nSPS) is 10.0. The number of nitrogens with zero attached hydrogens (tertiary/aromatic N) is 3. The van der Waals surface area contributed by atoms with Crippen LogP contribution in [0.1, 0.15) is 10.4 Å². The quantitative estimate of drug-likeness (QED) is 0.764. The van der Waals surface area contributed by atoms with Crippen molar-refractivity contribution in [3.05, 3.63) is 42.5 Å². The summed E-state index contributed by atoms with van der Waals surface area (Å²) in [6, 6.07) is 6.48. The van der Waals surface area contributed by atoms with Crippen LogP contribution in [-0.4, -0.2) is 25.8 Å². The third-order valence-electron chi connectivity index (χ3n) is 1.83. The lowest BCUT2D eigenvalue weighted by molar-refractivity contribution is 0.0697. The van der Waals surface area contributed by atoms with Crippen molar-refractivity contribution < 1.29 is 9.90 Å². The van der Waals surface area contributed by atoms with E-state index in [1.54, 1.807) is 29.4 Å². The van der Waals surface area contributed by atoms with Crippen molar-refractivity contribution in [3.63, 3.8) is 0 Å². The fourth-order valence-corrected chi connectivity index (χ4v) is 1.11. The minimum absolute atomic E-state index is 0.266. The average Bonchev–Trinajstić information content (AvgIpc) is 2.71. The van der Waals surface area contributed by atoms with Crippen LogP contribution in [0.15, 0.2) is 36.9 Å². The summed E-state index contributed by atoms with van der Waals surface area (Å²) in [6.45, 7) is 0. The number of hydrogen-bond acceptors (Lipinski definition) is 3. The van der Waals surface area contributed by atoms with E-state index in [-0.39, 0.29) is 5.56 Å². The first kappa shape index (κ1) is 8.43. The Bertz CT molecular complexity index is 434. The van der Waals surface area contributed by atoms with E-state index in [2.05, 4.69) is 10.2 Å². The molecule has 1 aromatic heterocycles. The van der Waals surface area contributed by atoms with E-state index >= 15 is 0 Å². The molecule has 0 spiro atoms. The van der Waals surface area contributed by atoms with E-state index in [1.165, 1.54) is 12.1 Å². The maximum absolute atomic E-state index is 10.6. The molecule has 0 bridgehead atoms. The van der Waals surface area contributed by atoms with Crippen LogP contribution >= 0.6 is 0 Å². The highest BCUT2D eigenvalue weighted by Crippen LogP contribution is 2.08. The Kier molecular flexibility index (Phi) is 1.98. The average molecular weight is 189 g/mol. The lowest BCUT2D eigenvalue weighted by Crippen LogP contribution is -1.97. The lowest BCUT2D eigenvalue weighted by Gasteiger charge is -2.00. The number of aromatic carboxylic acids is 1. The molecule has 0 saturated heterocycles. The Labute approximate surface area is 79.6 Å². The van der Waals surface area contributed by atoms with Gasteiger partial charge < -0.3 is 5.11 Å². The molecule has 2 aromatic rings. The molecule has 5 nitrogen and oxygen atoms in total. The molecule has 0 unspecified atom stereocenters. The molecule has 14 heavy (non-hydrogen) atoms. The zero-order chi connectivity index (χ0) is 9.97. The largest absolute Gasteiger partial charge is 0.478 e. The molecule has 0 aliphatic rings. The van der Waals surface area contributed by atoms with Crippen molar-refractivity contribution in [2.75, 3.05) is 0 Å². The van der Waals surface area contributed by atoms with Crippen LogP contribution in [0.4, 0.5) is 0 Å². The first-order valence-electron chi connectivity index (χ1n) is 3.96. The maximum atomic E-state index is 10.6. The van der Waals surface area contributed by atoms with Crippen LogP contribution in [0.25, 0.3) is 5.69 Å². The summed E-state index contributed by atoms with van der Waals surface area (Å²) in [5.41, 5.74) is 1.10. The van der Waals surface area contributed by atoms with Crippen LogP contribution in [0, 0.1) is 0 Å². The van der Waals surface area contributed by atoms with Crippen LogP contribution in [-0.2, 0) is 0 Å². The van der Waals surface area contributed by atoms with E-state index < -0.39 is 5.97 Å². The van der Waals surface area contributed by atoms with Crippen molar-refractivity contribution in [2.24, 2.45) is 0 Å². The second-order valence-corrected chi connectivity index (χ2v) is 2.72. The zero-order valence-corrected chi connectivity index (χ0v) is 7.16. The first-order valence-corrected chi connectivity index (χ1v) is 3.96. The van der Waals surface area contributed by atoms with Crippen LogP contribution in [0.5, 0.6) is 0 Å².